The molecule has 1 amide bonds. The fraction of sp³-hybridized carbons (Fsp3) is 0.333. The van der Waals surface area contributed by atoms with Gasteiger partial charge in [-0.25, -0.2) is 0 Å². The largest absolute Gasteiger partial charge is 0.497 e. The number of benzene rings is 2. The van der Waals surface area contributed by atoms with Gasteiger partial charge in [-0.15, -0.1) is 0 Å². The van der Waals surface area contributed by atoms with Crippen molar-refractivity contribution in [2.45, 2.75) is 24.9 Å². The van der Waals surface area contributed by atoms with Gasteiger partial charge >= 0.3 is 5.97 Å². The fourth-order valence-corrected chi connectivity index (χ4v) is 2.74. The van der Waals surface area contributed by atoms with E-state index in [-0.39, 0.29) is 24.8 Å². The molecule has 3 N–H and O–H groups in total. The van der Waals surface area contributed by atoms with Gasteiger partial charge in [-0.05, 0) is 41.8 Å². The number of hydrogen-bond acceptors (Lipinski definition) is 6. The highest BCUT2D eigenvalue weighted by molar-refractivity contribution is 5.79. The molecule has 2 aromatic rings. The van der Waals surface area contributed by atoms with Crippen LogP contribution in [0.3, 0.4) is 0 Å². The maximum absolute atomic E-state index is 12.5. The minimum atomic E-state index is -0.823. The highest BCUT2D eigenvalue weighted by Gasteiger charge is 2.20. The molecule has 0 saturated carbocycles. The lowest BCUT2D eigenvalue weighted by atomic mass is 9.98. The van der Waals surface area contributed by atoms with Crippen LogP contribution in [0.15, 0.2) is 48.5 Å². The first kappa shape index (κ1) is 21.2. The quantitative estimate of drug-likeness (QED) is 0.641. The zero-order valence-electron chi connectivity index (χ0n) is 16.3. The van der Waals surface area contributed by atoms with Crippen molar-refractivity contribution in [2.24, 2.45) is 5.73 Å². The molecule has 0 aromatic heterocycles. The van der Waals surface area contributed by atoms with E-state index in [0.717, 1.165) is 22.6 Å². The average molecular weight is 386 g/mol. The SMILES string of the molecule is COC(=O)[C@H](N)CCC(=O)NC(c1ccc(OC)cc1)c1ccc(OC)cc1. The molecule has 2 rings (SSSR count). The number of nitrogens with one attached hydrogen (secondary N) is 1. The van der Waals surface area contributed by atoms with Crippen LogP contribution in [0.4, 0.5) is 0 Å². The second-order valence-electron chi connectivity index (χ2n) is 6.22. The van der Waals surface area contributed by atoms with Gasteiger partial charge in [0.2, 0.25) is 5.91 Å². The van der Waals surface area contributed by atoms with E-state index in [2.05, 4.69) is 10.1 Å². The van der Waals surface area contributed by atoms with Gasteiger partial charge in [0.1, 0.15) is 17.5 Å². The second kappa shape index (κ2) is 10.3. The molecule has 0 aliphatic rings. The van der Waals surface area contributed by atoms with Crippen LogP contribution >= 0.6 is 0 Å². The first-order valence-electron chi connectivity index (χ1n) is 8.89. The molecule has 0 fully saturated rings. The molecule has 0 bridgehead atoms. The highest BCUT2D eigenvalue weighted by atomic mass is 16.5. The number of carbonyl (C=O) groups excluding carboxylic acids is 2. The molecule has 0 aliphatic heterocycles. The van der Waals surface area contributed by atoms with Gasteiger partial charge < -0.3 is 25.3 Å². The fourth-order valence-electron chi connectivity index (χ4n) is 2.74. The Morgan fingerprint density at radius 3 is 1.75 bits per heavy atom. The van der Waals surface area contributed by atoms with E-state index in [1.165, 1.54) is 7.11 Å². The van der Waals surface area contributed by atoms with Crippen LogP contribution < -0.4 is 20.5 Å². The van der Waals surface area contributed by atoms with Crippen molar-refractivity contribution in [1.82, 2.24) is 5.32 Å². The van der Waals surface area contributed by atoms with Crippen LogP contribution in [0.5, 0.6) is 11.5 Å². The van der Waals surface area contributed by atoms with Crippen molar-refractivity contribution >= 4 is 11.9 Å². The molecule has 0 unspecified atom stereocenters. The number of ether oxygens (including phenoxy) is 3. The second-order valence-corrected chi connectivity index (χ2v) is 6.22. The Labute approximate surface area is 164 Å². The molecule has 150 valence electrons. The molecule has 0 heterocycles. The number of amides is 1. The van der Waals surface area contributed by atoms with E-state index in [9.17, 15) is 9.59 Å². The lowest BCUT2D eigenvalue weighted by Gasteiger charge is -2.21. The summed E-state index contributed by atoms with van der Waals surface area (Å²) < 4.78 is 15.0. The maximum Gasteiger partial charge on any atom is 0.322 e. The van der Waals surface area contributed by atoms with E-state index in [1.54, 1.807) is 14.2 Å². The summed E-state index contributed by atoms with van der Waals surface area (Å²) in [5.74, 6) is 0.714. The predicted octanol–water partition coefficient (Wildman–Crippen LogP) is 2.19. The van der Waals surface area contributed by atoms with Crippen LogP contribution in [-0.2, 0) is 14.3 Å². The third-order valence-corrected chi connectivity index (χ3v) is 4.39. The standard InChI is InChI=1S/C21H26N2O5/c1-26-16-8-4-14(5-9-16)20(15-6-10-17(27-2)11-7-15)23-19(24)13-12-18(22)21(25)28-3/h4-11,18,20H,12-13,22H2,1-3H3,(H,23,24)/t18-/m1/s1. The summed E-state index contributed by atoms with van der Waals surface area (Å²) in [7, 11) is 4.47. The van der Waals surface area contributed by atoms with Crippen LogP contribution in [0, 0.1) is 0 Å². The zero-order chi connectivity index (χ0) is 20.5. The van der Waals surface area contributed by atoms with Gasteiger partial charge in [0.15, 0.2) is 0 Å². The Morgan fingerprint density at radius 1 is 0.893 bits per heavy atom. The molecule has 0 saturated heterocycles. The van der Waals surface area contributed by atoms with Gasteiger partial charge in [-0.1, -0.05) is 24.3 Å². The number of methoxy groups -OCH3 is 3. The molecular formula is C21H26N2O5. The molecule has 28 heavy (non-hydrogen) atoms. The first-order chi connectivity index (χ1) is 13.5. The topological polar surface area (TPSA) is 99.9 Å². The number of esters is 1. The summed E-state index contributed by atoms with van der Waals surface area (Å²) >= 11 is 0. The van der Waals surface area contributed by atoms with Crippen molar-refractivity contribution in [1.29, 1.82) is 0 Å². The number of rotatable bonds is 9. The van der Waals surface area contributed by atoms with Gasteiger partial charge in [0.05, 0.1) is 27.4 Å². The predicted molar refractivity (Wildman–Crippen MR) is 105 cm³/mol. The van der Waals surface area contributed by atoms with Crippen LogP contribution in [0.2, 0.25) is 0 Å². The Kier molecular flexibility index (Phi) is 7.83. The smallest absolute Gasteiger partial charge is 0.322 e. The molecular weight excluding hydrogens is 360 g/mol. The number of carbonyl (C=O) groups is 2. The summed E-state index contributed by atoms with van der Waals surface area (Å²) in [6, 6.07) is 13.8. The van der Waals surface area contributed by atoms with E-state index < -0.39 is 12.0 Å². The number of nitrogens with two attached hydrogens (primary N) is 1. The van der Waals surface area contributed by atoms with Crippen LogP contribution in [-0.4, -0.2) is 39.2 Å². The van der Waals surface area contributed by atoms with Crippen LogP contribution in [0.25, 0.3) is 0 Å². The minimum Gasteiger partial charge on any atom is -0.497 e. The van der Waals surface area contributed by atoms with Crippen molar-refractivity contribution < 1.29 is 23.8 Å². The average Bonchev–Trinajstić information content (AvgIpc) is 2.75. The van der Waals surface area contributed by atoms with Crippen LogP contribution in [0.1, 0.15) is 30.0 Å². The molecule has 7 nitrogen and oxygen atoms in total. The maximum atomic E-state index is 12.5. The Bertz CT molecular complexity index is 727. The zero-order valence-corrected chi connectivity index (χ0v) is 16.3. The molecule has 0 radical (unpaired) electrons. The third kappa shape index (κ3) is 5.72. The summed E-state index contributed by atoms with van der Waals surface area (Å²) in [4.78, 5) is 23.9. The van der Waals surface area contributed by atoms with Gasteiger partial charge in [-0.3, -0.25) is 9.59 Å². The van der Waals surface area contributed by atoms with E-state index in [1.807, 2.05) is 48.5 Å². The Balaban J connectivity index is 2.17. The molecule has 7 heteroatoms. The summed E-state index contributed by atoms with van der Waals surface area (Å²) in [6.45, 7) is 0. The molecule has 2 aromatic carbocycles. The Hall–Kier alpha value is -3.06. The lowest BCUT2D eigenvalue weighted by molar-refractivity contribution is -0.142. The minimum absolute atomic E-state index is 0.110. The molecule has 0 spiro atoms. The van der Waals surface area contributed by atoms with Crippen molar-refractivity contribution in [3.05, 3.63) is 59.7 Å². The summed E-state index contributed by atoms with van der Waals surface area (Å²) in [6.07, 6.45) is 0.315. The monoisotopic (exact) mass is 386 g/mol. The Morgan fingerprint density at radius 2 is 1.36 bits per heavy atom. The highest BCUT2D eigenvalue weighted by Crippen LogP contribution is 2.26. The van der Waals surface area contributed by atoms with Gasteiger partial charge in [0.25, 0.3) is 0 Å². The summed E-state index contributed by atoms with van der Waals surface area (Å²) in [5.41, 5.74) is 7.51. The van der Waals surface area contributed by atoms with Gasteiger partial charge in [0, 0.05) is 6.42 Å². The third-order valence-electron chi connectivity index (χ3n) is 4.39. The first-order valence-corrected chi connectivity index (χ1v) is 8.89. The molecule has 1 atom stereocenters. The summed E-state index contributed by atoms with van der Waals surface area (Å²) in [5, 5.41) is 3.01. The van der Waals surface area contributed by atoms with E-state index >= 15 is 0 Å². The lowest BCUT2D eigenvalue weighted by Crippen LogP contribution is -2.35. The van der Waals surface area contributed by atoms with E-state index in [0.29, 0.717) is 0 Å². The van der Waals surface area contributed by atoms with E-state index in [4.69, 9.17) is 15.2 Å². The molecule has 0 aliphatic carbocycles. The number of hydrogen-bond donors (Lipinski definition) is 2. The van der Waals surface area contributed by atoms with Gasteiger partial charge in [-0.2, -0.15) is 0 Å². The normalized spacial score (nSPS) is 11.6. The van der Waals surface area contributed by atoms with Crippen molar-refractivity contribution in [3.63, 3.8) is 0 Å². The van der Waals surface area contributed by atoms with Crippen molar-refractivity contribution in [2.75, 3.05) is 21.3 Å². The van der Waals surface area contributed by atoms with Crippen molar-refractivity contribution in [3.8, 4) is 11.5 Å².